The Morgan fingerprint density at radius 2 is 1.65 bits per heavy atom. The van der Waals surface area contributed by atoms with Crippen LogP contribution in [-0.2, 0) is 10.0 Å². The molecule has 1 aromatic carbocycles. The summed E-state index contributed by atoms with van der Waals surface area (Å²) in [6, 6.07) is 7.65. The zero-order chi connectivity index (χ0) is 14.6. The van der Waals surface area contributed by atoms with Gasteiger partial charge in [-0.05, 0) is 37.5 Å². The van der Waals surface area contributed by atoms with E-state index in [1.807, 2.05) is 12.1 Å². The maximum atomic E-state index is 11.2. The molecule has 0 spiro atoms. The van der Waals surface area contributed by atoms with E-state index in [9.17, 15) is 8.42 Å². The Kier molecular flexibility index (Phi) is 5.18. The number of nitrogens with one attached hydrogen (secondary N) is 1. The van der Waals surface area contributed by atoms with Crippen molar-refractivity contribution in [1.29, 1.82) is 0 Å². The molecule has 0 aromatic heterocycles. The minimum atomic E-state index is -3.60. The molecule has 5 heteroatoms. The third-order valence-corrected chi connectivity index (χ3v) is 4.98. The second-order valence-corrected chi connectivity index (χ2v) is 7.25. The van der Waals surface area contributed by atoms with E-state index in [1.165, 1.54) is 38.5 Å². The molecule has 1 aliphatic carbocycles. The van der Waals surface area contributed by atoms with Crippen molar-refractivity contribution in [3.63, 3.8) is 0 Å². The summed E-state index contributed by atoms with van der Waals surface area (Å²) >= 11 is 0. The van der Waals surface area contributed by atoms with E-state index in [0.29, 0.717) is 6.04 Å². The van der Waals surface area contributed by atoms with Crippen LogP contribution in [0.3, 0.4) is 0 Å². The molecule has 0 radical (unpaired) electrons. The highest BCUT2D eigenvalue weighted by Gasteiger charge is 2.16. The lowest BCUT2D eigenvalue weighted by atomic mass is 10.0. The molecule has 1 saturated carbocycles. The molecule has 0 bridgehead atoms. The summed E-state index contributed by atoms with van der Waals surface area (Å²) in [5, 5.41) is 8.76. The van der Waals surface area contributed by atoms with Crippen molar-refractivity contribution in [1.82, 2.24) is 5.32 Å². The first-order valence-corrected chi connectivity index (χ1v) is 8.90. The lowest BCUT2D eigenvalue weighted by Gasteiger charge is -2.22. The molecule has 1 atom stereocenters. The molecule has 4 nitrogen and oxygen atoms in total. The molecule has 2 rings (SSSR count). The fourth-order valence-corrected chi connectivity index (χ4v) is 3.36. The van der Waals surface area contributed by atoms with Crippen LogP contribution in [0.5, 0.6) is 0 Å². The molecule has 112 valence electrons. The molecule has 0 saturated heterocycles. The van der Waals surface area contributed by atoms with Crippen LogP contribution < -0.4 is 10.5 Å². The normalized spacial score (nSPS) is 19.5. The minimum Gasteiger partial charge on any atom is -0.307 e. The molecular weight excluding hydrogens is 272 g/mol. The lowest BCUT2D eigenvalue weighted by Crippen LogP contribution is -2.31. The molecular formula is C15H24N2O2S. The van der Waals surface area contributed by atoms with Crippen molar-refractivity contribution in [3.8, 4) is 0 Å². The lowest BCUT2D eigenvalue weighted by molar-refractivity contribution is 0.414. The van der Waals surface area contributed by atoms with Gasteiger partial charge in [0.2, 0.25) is 10.0 Å². The second kappa shape index (κ2) is 6.70. The molecule has 1 unspecified atom stereocenters. The first kappa shape index (κ1) is 15.5. The zero-order valence-corrected chi connectivity index (χ0v) is 12.8. The van der Waals surface area contributed by atoms with E-state index >= 15 is 0 Å². The highest BCUT2D eigenvalue weighted by molar-refractivity contribution is 7.89. The summed E-state index contributed by atoms with van der Waals surface area (Å²) in [5.41, 5.74) is 1.10. The third-order valence-electron chi connectivity index (χ3n) is 4.05. The predicted octanol–water partition coefficient (Wildman–Crippen LogP) is 2.71. The van der Waals surface area contributed by atoms with Crippen molar-refractivity contribution >= 4 is 10.0 Å². The van der Waals surface area contributed by atoms with Crippen LogP contribution in [0.25, 0.3) is 0 Å². The van der Waals surface area contributed by atoms with E-state index in [2.05, 4.69) is 12.2 Å². The van der Waals surface area contributed by atoms with Gasteiger partial charge in [0.1, 0.15) is 0 Å². The highest BCUT2D eigenvalue weighted by Crippen LogP contribution is 2.21. The first-order valence-electron chi connectivity index (χ1n) is 7.35. The van der Waals surface area contributed by atoms with Crippen molar-refractivity contribution in [2.24, 2.45) is 5.14 Å². The monoisotopic (exact) mass is 296 g/mol. The van der Waals surface area contributed by atoms with Crippen molar-refractivity contribution in [3.05, 3.63) is 29.8 Å². The first-order chi connectivity index (χ1) is 9.47. The summed E-state index contributed by atoms with van der Waals surface area (Å²) in [4.78, 5) is 0.169. The number of hydrogen-bond acceptors (Lipinski definition) is 3. The Bertz CT molecular complexity index is 517. The maximum Gasteiger partial charge on any atom is 0.238 e. The van der Waals surface area contributed by atoms with Crippen LogP contribution in [0.15, 0.2) is 29.2 Å². The summed E-state index contributed by atoms with van der Waals surface area (Å²) < 4.78 is 22.5. The summed E-state index contributed by atoms with van der Waals surface area (Å²) in [7, 11) is -3.60. The number of hydrogen-bond donors (Lipinski definition) is 2. The topological polar surface area (TPSA) is 72.2 Å². The molecule has 3 N–H and O–H groups in total. The number of sulfonamides is 1. The molecule has 0 heterocycles. The van der Waals surface area contributed by atoms with E-state index in [-0.39, 0.29) is 10.9 Å². The average Bonchev–Trinajstić information content (AvgIpc) is 2.66. The van der Waals surface area contributed by atoms with Gasteiger partial charge in [0.25, 0.3) is 0 Å². The van der Waals surface area contributed by atoms with Gasteiger partial charge in [-0.2, -0.15) is 0 Å². The standard InChI is InChI=1S/C15H24N2O2S/c1-12(17-14-6-4-2-3-5-7-14)13-8-10-15(11-9-13)20(16,18)19/h8-12,14,17H,2-7H2,1H3,(H2,16,18,19). The van der Waals surface area contributed by atoms with Gasteiger partial charge < -0.3 is 5.32 Å². The van der Waals surface area contributed by atoms with Crippen LogP contribution in [0.2, 0.25) is 0 Å². The average molecular weight is 296 g/mol. The Morgan fingerprint density at radius 1 is 1.10 bits per heavy atom. The number of benzene rings is 1. The van der Waals surface area contributed by atoms with Crippen molar-refractivity contribution < 1.29 is 8.42 Å². The largest absolute Gasteiger partial charge is 0.307 e. The SMILES string of the molecule is CC(NC1CCCCCC1)c1ccc(S(N)(=O)=O)cc1. The fourth-order valence-electron chi connectivity index (χ4n) is 2.84. The van der Waals surface area contributed by atoms with Gasteiger partial charge in [0.05, 0.1) is 4.90 Å². The van der Waals surface area contributed by atoms with Crippen LogP contribution in [0.1, 0.15) is 57.1 Å². The van der Waals surface area contributed by atoms with Gasteiger partial charge in [0, 0.05) is 12.1 Å². The smallest absolute Gasteiger partial charge is 0.238 e. The zero-order valence-electron chi connectivity index (χ0n) is 12.0. The van der Waals surface area contributed by atoms with Crippen molar-refractivity contribution in [2.45, 2.75) is 62.4 Å². The summed E-state index contributed by atoms with van der Waals surface area (Å²) in [5.74, 6) is 0. The number of nitrogens with two attached hydrogens (primary N) is 1. The Balaban J connectivity index is 1.99. The maximum absolute atomic E-state index is 11.2. The van der Waals surface area contributed by atoms with Gasteiger partial charge in [-0.3, -0.25) is 0 Å². The Hall–Kier alpha value is -0.910. The molecule has 20 heavy (non-hydrogen) atoms. The summed E-state index contributed by atoms with van der Waals surface area (Å²) in [6.07, 6.45) is 7.76. The van der Waals surface area contributed by atoms with Crippen LogP contribution in [-0.4, -0.2) is 14.5 Å². The second-order valence-electron chi connectivity index (χ2n) is 5.69. The molecule has 1 fully saturated rings. The molecule has 1 aliphatic rings. The molecule has 1 aromatic rings. The predicted molar refractivity (Wildman–Crippen MR) is 80.9 cm³/mol. The van der Waals surface area contributed by atoms with Crippen LogP contribution in [0, 0.1) is 0 Å². The van der Waals surface area contributed by atoms with E-state index < -0.39 is 10.0 Å². The van der Waals surface area contributed by atoms with Gasteiger partial charge in [0.15, 0.2) is 0 Å². The van der Waals surface area contributed by atoms with Crippen molar-refractivity contribution in [2.75, 3.05) is 0 Å². The third kappa shape index (κ3) is 4.30. The van der Waals surface area contributed by atoms with Gasteiger partial charge in [-0.25, -0.2) is 13.6 Å². The van der Waals surface area contributed by atoms with Crippen LogP contribution >= 0.6 is 0 Å². The van der Waals surface area contributed by atoms with E-state index in [0.717, 1.165) is 5.56 Å². The van der Waals surface area contributed by atoms with E-state index in [1.54, 1.807) is 12.1 Å². The Morgan fingerprint density at radius 3 is 2.15 bits per heavy atom. The van der Waals surface area contributed by atoms with Gasteiger partial charge in [-0.1, -0.05) is 37.8 Å². The minimum absolute atomic E-state index is 0.169. The Labute approximate surface area is 121 Å². The summed E-state index contributed by atoms with van der Waals surface area (Å²) in [6.45, 7) is 2.12. The number of rotatable bonds is 4. The molecule has 0 amide bonds. The number of primary sulfonamides is 1. The van der Waals surface area contributed by atoms with E-state index in [4.69, 9.17) is 5.14 Å². The fraction of sp³-hybridized carbons (Fsp3) is 0.600. The van der Waals surface area contributed by atoms with Gasteiger partial charge >= 0.3 is 0 Å². The van der Waals surface area contributed by atoms with Gasteiger partial charge in [-0.15, -0.1) is 0 Å². The molecule has 0 aliphatic heterocycles. The highest BCUT2D eigenvalue weighted by atomic mass is 32.2. The quantitative estimate of drug-likeness (QED) is 0.839. The van der Waals surface area contributed by atoms with Crippen LogP contribution in [0.4, 0.5) is 0 Å².